The summed E-state index contributed by atoms with van der Waals surface area (Å²) < 4.78 is 7.12. The van der Waals surface area contributed by atoms with Gasteiger partial charge in [0.1, 0.15) is 11.5 Å². The van der Waals surface area contributed by atoms with Crippen molar-refractivity contribution in [3.63, 3.8) is 0 Å². The van der Waals surface area contributed by atoms with Crippen LogP contribution >= 0.6 is 15.9 Å². The molecule has 0 unspecified atom stereocenters. The lowest BCUT2D eigenvalue weighted by molar-refractivity contribution is 0.483. The Kier molecular flexibility index (Phi) is 5.79. The molecule has 0 aliphatic heterocycles. The van der Waals surface area contributed by atoms with Gasteiger partial charge in [0.2, 0.25) is 0 Å². The van der Waals surface area contributed by atoms with Crippen LogP contribution in [-0.4, -0.2) is 11.5 Å². The lowest BCUT2D eigenvalue weighted by Crippen LogP contribution is -1.99. The van der Waals surface area contributed by atoms with Gasteiger partial charge in [0.05, 0.1) is 0 Å². The van der Waals surface area contributed by atoms with E-state index in [2.05, 4.69) is 51.2 Å². The predicted molar refractivity (Wildman–Crippen MR) is 120 cm³/mol. The van der Waals surface area contributed by atoms with Crippen molar-refractivity contribution in [3.05, 3.63) is 82.8 Å². The number of H-pyrrole nitrogens is 1. The predicted octanol–water partition coefficient (Wildman–Crippen LogP) is 6.67. The molecule has 0 saturated carbocycles. The third kappa shape index (κ3) is 4.13. The van der Waals surface area contributed by atoms with Gasteiger partial charge in [-0.25, -0.2) is 0 Å². The lowest BCUT2D eigenvalue weighted by Gasteiger charge is -2.09. The van der Waals surface area contributed by atoms with Crippen LogP contribution in [0.5, 0.6) is 11.5 Å². The number of rotatable bonds is 7. The van der Waals surface area contributed by atoms with Crippen LogP contribution < -0.4 is 10.5 Å². The standard InChI is InChI=1S/C24H23BrN2O/c25-18-12-13-23-22(16-18)21(11-4-5-14-26)24(27-23)17-7-6-10-20(15-17)28-19-8-2-1-3-9-19/h1-3,6-10,12-13,15-16,27H,4-5,11,14,26H2. The molecule has 28 heavy (non-hydrogen) atoms. The van der Waals surface area contributed by atoms with Crippen molar-refractivity contribution >= 4 is 26.8 Å². The molecule has 3 N–H and O–H groups in total. The largest absolute Gasteiger partial charge is 0.457 e. The van der Waals surface area contributed by atoms with Crippen molar-refractivity contribution in [1.29, 1.82) is 0 Å². The van der Waals surface area contributed by atoms with Crippen molar-refractivity contribution in [1.82, 2.24) is 4.98 Å². The van der Waals surface area contributed by atoms with E-state index in [1.165, 1.54) is 10.9 Å². The molecule has 0 amide bonds. The fourth-order valence-corrected chi connectivity index (χ4v) is 3.87. The minimum absolute atomic E-state index is 0.724. The van der Waals surface area contributed by atoms with Gasteiger partial charge in [0.15, 0.2) is 0 Å². The van der Waals surface area contributed by atoms with E-state index in [1.54, 1.807) is 0 Å². The molecule has 0 fully saturated rings. The van der Waals surface area contributed by atoms with Crippen LogP contribution in [0.15, 0.2) is 77.3 Å². The van der Waals surface area contributed by atoms with Crippen molar-refractivity contribution in [2.75, 3.05) is 6.54 Å². The van der Waals surface area contributed by atoms with E-state index in [-0.39, 0.29) is 0 Å². The Morgan fingerprint density at radius 2 is 1.68 bits per heavy atom. The van der Waals surface area contributed by atoms with Gasteiger partial charge in [-0.2, -0.15) is 0 Å². The summed E-state index contributed by atoms with van der Waals surface area (Å²) in [7, 11) is 0. The topological polar surface area (TPSA) is 51.0 Å². The van der Waals surface area contributed by atoms with Crippen molar-refractivity contribution in [3.8, 4) is 22.8 Å². The molecule has 3 aromatic carbocycles. The highest BCUT2D eigenvalue weighted by atomic mass is 79.9. The number of nitrogens with one attached hydrogen (secondary N) is 1. The van der Waals surface area contributed by atoms with Crippen LogP contribution in [0.25, 0.3) is 22.2 Å². The summed E-state index contributed by atoms with van der Waals surface area (Å²) in [6, 6.07) is 24.5. The molecular weight excluding hydrogens is 412 g/mol. The maximum Gasteiger partial charge on any atom is 0.128 e. The summed E-state index contributed by atoms with van der Waals surface area (Å²) in [5, 5.41) is 1.26. The minimum Gasteiger partial charge on any atom is -0.457 e. The number of unbranched alkanes of at least 4 members (excludes halogenated alkanes) is 1. The third-order valence-electron chi connectivity index (χ3n) is 4.85. The number of aromatic amines is 1. The normalized spacial score (nSPS) is 11.1. The van der Waals surface area contributed by atoms with E-state index < -0.39 is 0 Å². The van der Waals surface area contributed by atoms with Gasteiger partial charge in [-0.05, 0) is 73.8 Å². The summed E-state index contributed by atoms with van der Waals surface area (Å²) in [6.45, 7) is 0.724. The molecule has 0 aliphatic carbocycles. The van der Waals surface area contributed by atoms with Gasteiger partial charge in [-0.15, -0.1) is 0 Å². The van der Waals surface area contributed by atoms with Crippen LogP contribution in [0.3, 0.4) is 0 Å². The van der Waals surface area contributed by atoms with Crippen LogP contribution in [-0.2, 0) is 6.42 Å². The molecule has 1 aromatic heterocycles. The molecular formula is C24H23BrN2O. The second kappa shape index (κ2) is 8.63. The van der Waals surface area contributed by atoms with Crippen LogP contribution in [0.4, 0.5) is 0 Å². The average Bonchev–Trinajstić information content (AvgIpc) is 3.07. The van der Waals surface area contributed by atoms with Gasteiger partial charge in [0, 0.05) is 26.6 Å². The molecule has 1 heterocycles. The number of halogens is 1. The zero-order valence-corrected chi connectivity index (χ0v) is 17.2. The smallest absolute Gasteiger partial charge is 0.128 e. The number of fused-ring (bicyclic) bond motifs is 1. The second-order valence-electron chi connectivity index (χ2n) is 6.86. The summed E-state index contributed by atoms with van der Waals surface area (Å²) >= 11 is 3.61. The summed E-state index contributed by atoms with van der Waals surface area (Å²) in [6.07, 6.45) is 3.09. The van der Waals surface area contributed by atoms with Crippen molar-refractivity contribution in [2.24, 2.45) is 5.73 Å². The molecule has 4 aromatic rings. The fourth-order valence-electron chi connectivity index (χ4n) is 3.51. The first-order valence-corrected chi connectivity index (χ1v) is 10.4. The SMILES string of the molecule is NCCCCc1c(-c2cccc(Oc3ccccc3)c2)[nH]c2ccc(Br)cc12. The van der Waals surface area contributed by atoms with E-state index in [9.17, 15) is 0 Å². The van der Waals surface area contributed by atoms with Gasteiger partial charge in [0.25, 0.3) is 0 Å². The van der Waals surface area contributed by atoms with E-state index in [0.717, 1.165) is 58.6 Å². The molecule has 0 aliphatic rings. The summed E-state index contributed by atoms with van der Waals surface area (Å²) in [5.41, 5.74) is 10.5. The monoisotopic (exact) mass is 434 g/mol. The highest BCUT2D eigenvalue weighted by Crippen LogP contribution is 2.35. The molecule has 142 valence electrons. The molecule has 3 nitrogen and oxygen atoms in total. The first-order chi connectivity index (χ1) is 13.7. The first kappa shape index (κ1) is 18.8. The molecule has 0 saturated heterocycles. The highest BCUT2D eigenvalue weighted by molar-refractivity contribution is 9.10. The molecule has 4 rings (SSSR count). The van der Waals surface area contributed by atoms with Gasteiger partial charge >= 0.3 is 0 Å². The van der Waals surface area contributed by atoms with Crippen LogP contribution in [0.1, 0.15) is 18.4 Å². The van der Waals surface area contributed by atoms with Crippen molar-refractivity contribution < 1.29 is 4.74 Å². The molecule has 0 atom stereocenters. The number of nitrogens with two attached hydrogens (primary N) is 1. The summed E-state index contributed by atoms with van der Waals surface area (Å²) in [5.74, 6) is 1.67. The quantitative estimate of drug-likeness (QED) is 0.319. The average molecular weight is 435 g/mol. The lowest BCUT2D eigenvalue weighted by atomic mass is 10.00. The third-order valence-corrected chi connectivity index (χ3v) is 5.34. The van der Waals surface area contributed by atoms with Gasteiger partial charge in [-0.3, -0.25) is 0 Å². The highest BCUT2D eigenvalue weighted by Gasteiger charge is 2.14. The van der Waals surface area contributed by atoms with E-state index in [4.69, 9.17) is 10.5 Å². The van der Waals surface area contributed by atoms with Crippen molar-refractivity contribution in [2.45, 2.75) is 19.3 Å². The molecule has 0 bridgehead atoms. The van der Waals surface area contributed by atoms with Crippen LogP contribution in [0, 0.1) is 0 Å². The molecule has 0 spiro atoms. The fraction of sp³-hybridized carbons (Fsp3) is 0.167. The molecule has 0 radical (unpaired) electrons. The number of hydrogen-bond donors (Lipinski definition) is 2. The number of hydrogen-bond acceptors (Lipinski definition) is 2. The zero-order chi connectivity index (χ0) is 19.3. The number of benzene rings is 3. The Labute approximate surface area is 173 Å². The Bertz CT molecular complexity index is 1070. The van der Waals surface area contributed by atoms with E-state index >= 15 is 0 Å². The Hall–Kier alpha value is -2.56. The Morgan fingerprint density at radius 3 is 2.50 bits per heavy atom. The summed E-state index contributed by atoms with van der Waals surface area (Å²) in [4.78, 5) is 3.62. The van der Waals surface area contributed by atoms with E-state index in [1.807, 2.05) is 42.5 Å². The first-order valence-electron chi connectivity index (χ1n) is 9.58. The number of aryl methyl sites for hydroxylation is 1. The van der Waals surface area contributed by atoms with Gasteiger partial charge in [-0.1, -0.05) is 46.3 Å². The second-order valence-corrected chi connectivity index (χ2v) is 7.77. The zero-order valence-electron chi connectivity index (χ0n) is 15.6. The minimum atomic E-state index is 0.724. The maximum absolute atomic E-state index is 6.03. The Balaban J connectivity index is 1.73. The number of para-hydroxylation sites is 1. The van der Waals surface area contributed by atoms with E-state index in [0.29, 0.717) is 0 Å². The number of ether oxygens (including phenoxy) is 1. The maximum atomic E-state index is 6.03. The number of aromatic nitrogens is 1. The Morgan fingerprint density at radius 1 is 0.857 bits per heavy atom. The van der Waals surface area contributed by atoms with Gasteiger partial charge < -0.3 is 15.5 Å². The van der Waals surface area contributed by atoms with Crippen LogP contribution in [0.2, 0.25) is 0 Å². The molecule has 4 heteroatoms.